The van der Waals surface area contributed by atoms with Gasteiger partial charge in [0.25, 0.3) is 0 Å². The lowest BCUT2D eigenvalue weighted by atomic mass is 10.1. The van der Waals surface area contributed by atoms with Crippen LogP contribution in [0.4, 0.5) is 0 Å². The second kappa shape index (κ2) is 8.64. The minimum Gasteiger partial charge on any atom is -0.346 e. The van der Waals surface area contributed by atoms with Crippen LogP contribution in [0.3, 0.4) is 0 Å². The third kappa shape index (κ3) is 4.74. The van der Waals surface area contributed by atoms with Gasteiger partial charge in [-0.1, -0.05) is 45.8 Å². The number of rotatable bonds is 7. The van der Waals surface area contributed by atoms with Crippen LogP contribution in [-0.4, -0.2) is 23.3 Å². The Hall–Kier alpha value is -1.89. The van der Waals surface area contributed by atoms with Crippen molar-refractivity contribution in [3.8, 4) is 0 Å². The zero-order valence-electron chi connectivity index (χ0n) is 16.3. The summed E-state index contributed by atoms with van der Waals surface area (Å²) in [6, 6.07) is 19.0. The molecule has 6 heteroatoms. The van der Waals surface area contributed by atoms with Crippen LogP contribution in [0.25, 0.3) is 0 Å². The molecule has 2 aromatic carbocycles. The number of nitrogens with zero attached hydrogens (tertiary/aromatic N) is 2. The van der Waals surface area contributed by atoms with Crippen LogP contribution < -0.4 is 0 Å². The van der Waals surface area contributed by atoms with Crippen molar-refractivity contribution < 1.29 is 8.42 Å². The molecule has 0 aliphatic heterocycles. The SMILES string of the molecule is Cc1cccc(Cn2cccc2CN(C(C)C)S(=O)(=O)c2ccc(Br)cc2)c1. The Morgan fingerprint density at radius 3 is 2.39 bits per heavy atom. The van der Waals surface area contributed by atoms with Crippen molar-refractivity contribution in [2.24, 2.45) is 0 Å². The van der Waals surface area contributed by atoms with Gasteiger partial charge < -0.3 is 4.57 Å². The first-order valence-corrected chi connectivity index (χ1v) is 11.5. The lowest BCUT2D eigenvalue weighted by molar-refractivity contribution is 0.340. The van der Waals surface area contributed by atoms with Gasteiger partial charge in [-0.15, -0.1) is 0 Å². The molecule has 0 bridgehead atoms. The minimum absolute atomic E-state index is 0.157. The molecule has 148 valence electrons. The van der Waals surface area contributed by atoms with Gasteiger partial charge in [0, 0.05) is 29.0 Å². The summed E-state index contributed by atoms with van der Waals surface area (Å²) in [4.78, 5) is 0.307. The molecule has 4 nitrogen and oxygen atoms in total. The lowest BCUT2D eigenvalue weighted by Crippen LogP contribution is -2.37. The average molecular weight is 461 g/mol. The summed E-state index contributed by atoms with van der Waals surface area (Å²) in [7, 11) is -3.59. The van der Waals surface area contributed by atoms with Crippen molar-refractivity contribution in [1.82, 2.24) is 8.87 Å². The summed E-state index contributed by atoms with van der Waals surface area (Å²) in [5.41, 5.74) is 3.38. The molecule has 0 saturated heterocycles. The molecular formula is C22H25BrN2O2S. The van der Waals surface area contributed by atoms with E-state index in [-0.39, 0.29) is 6.04 Å². The molecule has 0 fully saturated rings. The first kappa shape index (κ1) is 20.8. The summed E-state index contributed by atoms with van der Waals surface area (Å²) in [6.45, 7) is 6.93. The van der Waals surface area contributed by atoms with E-state index in [2.05, 4.69) is 45.6 Å². The van der Waals surface area contributed by atoms with E-state index < -0.39 is 10.0 Å². The molecule has 0 saturated carbocycles. The van der Waals surface area contributed by atoms with Crippen LogP contribution in [-0.2, 0) is 23.1 Å². The normalized spacial score (nSPS) is 12.1. The van der Waals surface area contributed by atoms with Crippen LogP contribution >= 0.6 is 15.9 Å². The average Bonchev–Trinajstić information content (AvgIpc) is 3.06. The maximum Gasteiger partial charge on any atom is 0.243 e. The summed E-state index contributed by atoms with van der Waals surface area (Å²) in [5, 5.41) is 0. The van der Waals surface area contributed by atoms with E-state index in [0.29, 0.717) is 18.0 Å². The summed E-state index contributed by atoms with van der Waals surface area (Å²) < 4.78 is 31.0. The zero-order valence-corrected chi connectivity index (χ0v) is 18.7. The maximum absolute atomic E-state index is 13.2. The molecule has 0 amide bonds. The topological polar surface area (TPSA) is 42.3 Å². The van der Waals surface area contributed by atoms with E-state index in [4.69, 9.17) is 0 Å². The molecule has 1 aromatic heterocycles. The molecule has 0 radical (unpaired) electrons. The standard InChI is InChI=1S/C22H25BrN2O2S/c1-17(2)25(28(26,27)22-11-9-20(23)10-12-22)16-21-8-5-13-24(21)15-19-7-4-6-18(3)14-19/h4-14,17H,15-16H2,1-3H3. The first-order valence-electron chi connectivity index (χ1n) is 9.24. The summed E-state index contributed by atoms with van der Waals surface area (Å²) in [5.74, 6) is 0. The molecule has 0 atom stereocenters. The molecule has 0 aliphatic rings. The van der Waals surface area contributed by atoms with Crippen molar-refractivity contribution >= 4 is 26.0 Å². The predicted molar refractivity (Wildman–Crippen MR) is 117 cm³/mol. The maximum atomic E-state index is 13.2. The van der Waals surface area contributed by atoms with E-state index in [1.807, 2.05) is 38.2 Å². The van der Waals surface area contributed by atoms with Crippen LogP contribution in [0.1, 0.15) is 30.7 Å². The Labute approximate surface area is 176 Å². The fourth-order valence-corrected chi connectivity index (χ4v) is 5.07. The van der Waals surface area contributed by atoms with E-state index in [9.17, 15) is 8.42 Å². The van der Waals surface area contributed by atoms with Crippen LogP contribution in [0.15, 0.2) is 76.2 Å². The number of aryl methyl sites for hydroxylation is 1. The van der Waals surface area contributed by atoms with Crippen LogP contribution in [0, 0.1) is 6.92 Å². The highest BCUT2D eigenvalue weighted by atomic mass is 79.9. The molecule has 28 heavy (non-hydrogen) atoms. The Balaban J connectivity index is 1.88. The monoisotopic (exact) mass is 460 g/mol. The fraction of sp³-hybridized carbons (Fsp3) is 0.273. The molecule has 0 aliphatic carbocycles. The van der Waals surface area contributed by atoms with Gasteiger partial charge >= 0.3 is 0 Å². The van der Waals surface area contributed by atoms with E-state index in [0.717, 1.165) is 10.2 Å². The quantitative estimate of drug-likeness (QED) is 0.485. The highest BCUT2D eigenvalue weighted by molar-refractivity contribution is 9.10. The van der Waals surface area contributed by atoms with Gasteiger partial charge in [-0.25, -0.2) is 8.42 Å². The van der Waals surface area contributed by atoms with Gasteiger partial charge in [0.2, 0.25) is 10.0 Å². The predicted octanol–water partition coefficient (Wildman–Crippen LogP) is 5.21. The van der Waals surface area contributed by atoms with Crippen LogP contribution in [0.2, 0.25) is 0 Å². The Morgan fingerprint density at radius 1 is 1.04 bits per heavy atom. The van der Waals surface area contributed by atoms with Crippen molar-refractivity contribution in [1.29, 1.82) is 0 Å². The van der Waals surface area contributed by atoms with Crippen molar-refractivity contribution in [2.45, 2.75) is 44.8 Å². The molecule has 0 N–H and O–H groups in total. The molecular weight excluding hydrogens is 436 g/mol. The first-order chi connectivity index (χ1) is 13.3. The number of hydrogen-bond acceptors (Lipinski definition) is 2. The van der Waals surface area contributed by atoms with Crippen LogP contribution in [0.5, 0.6) is 0 Å². The number of halogens is 1. The number of aromatic nitrogens is 1. The highest BCUT2D eigenvalue weighted by Gasteiger charge is 2.28. The number of hydrogen-bond donors (Lipinski definition) is 0. The Morgan fingerprint density at radius 2 is 1.75 bits per heavy atom. The Kier molecular flexibility index (Phi) is 6.43. The molecule has 0 spiro atoms. The van der Waals surface area contributed by atoms with Gasteiger partial charge in [-0.2, -0.15) is 4.31 Å². The zero-order chi connectivity index (χ0) is 20.3. The van der Waals surface area contributed by atoms with Crippen molar-refractivity contribution in [3.63, 3.8) is 0 Å². The molecule has 3 rings (SSSR count). The van der Waals surface area contributed by atoms with Gasteiger partial charge in [0.05, 0.1) is 11.4 Å². The van der Waals surface area contributed by atoms with E-state index >= 15 is 0 Å². The largest absolute Gasteiger partial charge is 0.346 e. The van der Waals surface area contributed by atoms with Crippen molar-refractivity contribution in [2.75, 3.05) is 0 Å². The Bertz CT molecular complexity index is 1040. The summed E-state index contributed by atoms with van der Waals surface area (Å²) in [6.07, 6.45) is 2.00. The second-order valence-electron chi connectivity index (χ2n) is 7.21. The fourth-order valence-electron chi connectivity index (χ4n) is 3.20. The third-order valence-corrected chi connectivity index (χ3v) is 7.24. The van der Waals surface area contributed by atoms with Gasteiger partial charge in [-0.3, -0.25) is 0 Å². The second-order valence-corrected chi connectivity index (χ2v) is 10.0. The van der Waals surface area contributed by atoms with Crippen molar-refractivity contribution in [3.05, 3.63) is 88.2 Å². The van der Waals surface area contributed by atoms with Gasteiger partial charge in [0.1, 0.15) is 0 Å². The minimum atomic E-state index is -3.59. The lowest BCUT2D eigenvalue weighted by Gasteiger charge is -2.26. The highest BCUT2D eigenvalue weighted by Crippen LogP contribution is 2.23. The third-order valence-electron chi connectivity index (χ3n) is 4.67. The molecule has 0 unspecified atom stereocenters. The van der Waals surface area contributed by atoms with E-state index in [1.54, 1.807) is 28.6 Å². The summed E-state index contributed by atoms with van der Waals surface area (Å²) >= 11 is 3.36. The van der Waals surface area contributed by atoms with Gasteiger partial charge in [0.15, 0.2) is 0 Å². The molecule has 1 heterocycles. The number of sulfonamides is 1. The smallest absolute Gasteiger partial charge is 0.243 e. The molecule has 3 aromatic rings. The van der Waals surface area contributed by atoms with E-state index in [1.165, 1.54) is 11.1 Å². The number of benzene rings is 2. The van der Waals surface area contributed by atoms with Gasteiger partial charge in [-0.05, 0) is 62.7 Å².